The summed E-state index contributed by atoms with van der Waals surface area (Å²) in [7, 11) is -3.01. The highest BCUT2D eigenvalue weighted by Gasteiger charge is 2.30. The number of rotatable bonds is 4. The molecule has 2 N–H and O–H groups in total. The van der Waals surface area contributed by atoms with Crippen LogP contribution in [0.15, 0.2) is 12.4 Å². The van der Waals surface area contributed by atoms with Crippen molar-refractivity contribution in [1.82, 2.24) is 9.97 Å². The van der Waals surface area contributed by atoms with Crippen LogP contribution in [0, 0.1) is 0 Å². The van der Waals surface area contributed by atoms with Crippen molar-refractivity contribution in [2.24, 2.45) is 0 Å². The van der Waals surface area contributed by atoms with Crippen LogP contribution in [0.2, 0.25) is 0 Å². The maximum atomic E-state index is 11.6. The molecule has 8 heteroatoms. The second-order valence-corrected chi connectivity index (χ2v) is 6.51. The molecule has 1 unspecified atom stereocenters. The zero-order valence-electron chi connectivity index (χ0n) is 9.54. The van der Waals surface area contributed by atoms with Gasteiger partial charge in [0.1, 0.15) is 5.82 Å². The Kier molecular flexibility index (Phi) is 3.46. The van der Waals surface area contributed by atoms with Gasteiger partial charge in [-0.3, -0.25) is 4.98 Å². The van der Waals surface area contributed by atoms with Crippen LogP contribution in [0.5, 0.6) is 0 Å². The highest BCUT2D eigenvalue weighted by atomic mass is 32.2. The Bertz CT molecular complexity index is 558. The Hall–Kier alpha value is -1.70. The molecule has 0 bridgehead atoms. The van der Waals surface area contributed by atoms with Gasteiger partial charge < -0.3 is 10.4 Å². The lowest BCUT2D eigenvalue weighted by Crippen LogP contribution is -2.25. The quantitative estimate of drug-likeness (QED) is 0.802. The largest absolute Gasteiger partial charge is 0.476 e. The standard InChI is InChI=1S/C10H13N3O4S/c14-10(15)8-5-11-6-9(13-8)12-4-7-2-1-3-18(7,16)17/h5-7H,1-4H2,(H,12,13)(H,14,15). The molecule has 1 atom stereocenters. The number of nitrogens with zero attached hydrogens (tertiary/aromatic N) is 2. The van der Waals surface area contributed by atoms with Crippen molar-refractivity contribution >= 4 is 21.6 Å². The third kappa shape index (κ3) is 2.76. The van der Waals surface area contributed by atoms with Crippen molar-refractivity contribution in [1.29, 1.82) is 0 Å². The van der Waals surface area contributed by atoms with Gasteiger partial charge in [0.25, 0.3) is 0 Å². The lowest BCUT2D eigenvalue weighted by atomic mass is 10.2. The normalized spacial score (nSPS) is 21.7. The van der Waals surface area contributed by atoms with Crippen molar-refractivity contribution in [3.05, 3.63) is 18.1 Å². The average Bonchev–Trinajstić information content (AvgIpc) is 2.66. The Morgan fingerprint density at radius 3 is 2.89 bits per heavy atom. The molecule has 2 heterocycles. The van der Waals surface area contributed by atoms with E-state index in [0.29, 0.717) is 12.8 Å². The molecule has 1 saturated heterocycles. The van der Waals surface area contributed by atoms with E-state index in [1.807, 2.05) is 0 Å². The summed E-state index contributed by atoms with van der Waals surface area (Å²) < 4.78 is 23.2. The van der Waals surface area contributed by atoms with Crippen molar-refractivity contribution in [2.75, 3.05) is 17.6 Å². The molecule has 1 aromatic heterocycles. The first-order chi connectivity index (χ1) is 8.49. The van der Waals surface area contributed by atoms with Gasteiger partial charge in [0, 0.05) is 6.54 Å². The minimum absolute atomic E-state index is 0.172. The van der Waals surface area contributed by atoms with E-state index in [1.165, 1.54) is 6.20 Å². The number of sulfone groups is 1. The number of carbonyl (C=O) groups is 1. The molecular formula is C10H13N3O4S. The molecule has 1 aliphatic heterocycles. The first-order valence-corrected chi connectivity index (χ1v) is 7.21. The van der Waals surface area contributed by atoms with Crippen LogP contribution >= 0.6 is 0 Å². The molecule has 18 heavy (non-hydrogen) atoms. The number of hydrogen-bond acceptors (Lipinski definition) is 6. The molecule has 98 valence electrons. The molecular weight excluding hydrogens is 258 g/mol. The molecule has 0 saturated carbocycles. The topological polar surface area (TPSA) is 109 Å². The molecule has 1 aromatic rings. The van der Waals surface area contributed by atoms with Crippen LogP contribution in [0.25, 0.3) is 0 Å². The second-order valence-electron chi connectivity index (χ2n) is 4.11. The Labute approximate surface area is 104 Å². The SMILES string of the molecule is O=C(O)c1cncc(NCC2CCCS2(=O)=O)n1. The van der Waals surface area contributed by atoms with Crippen molar-refractivity contribution in [2.45, 2.75) is 18.1 Å². The van der Waals surface area contributed by atoms with E-state index >= 15 is 0 Å². The summed E-state index contributed by atoms with van der Waals surface area (Å²) in [5.74, 6) is -0.670. The molecule has 0 aromatic carbocycles. The Morgan fingerprint density at radius 2 is 2.28 bits per heavy atom. The lowest BCUT2D eigenvalue weighted by molar-refractivity contribution is 0.0690. The van der Waals surface area contributed by atoms with Gasteiger partial charge in [-0.2, -0.15) is 0 Å². The lowest BCUT2D eigenvalue weighted by Gasteiger charge is -2.10. The summed E-state index contributed by atoms with van der Waals surface area (Å²) in [6.45, 7) is 0.236. The molecule has 1 aliphatic rings. The molecule has 0 aliphatic carbocycles. The van der Waals surface area contributed by atoms with Crippen molar-refractivity contribution in [3.8, 4) is 0 Å². The smallest absolute Gasteiger partial charge is 0.356 e. The predicted molar refractivity (Wildman–Crippen MR) is 64.3 cm³/mol. The van der Waals surface area contributed by atoms with Gasteiger partial charge in [-0.15, -0.1) is 0 Å². The van der Waals surface area contributed by atoms with Crippen LogP contribution in [0.3, 0.4) is 0 Å². The summed E-state index contributed by atoms with van der Waals surface area (Å²) in [5.41, 5.74) is -0.172. The number of aromatic nitrogens is 2. The number of aromatic carboxylic acids is 1. The van der Waals surface area contributed by atoms with E-state index in [0.717, 1.165) is 6.20 Å². The van der Waals surface area contributed by atoms with Gasteiger partial charge in [0.05, 0.1) is 23.4 Å². The fourth-order valence-corrected chi connectivity index (χ4v) is 3.63. The van der Waals surface area contributed by atoms with E-state index in [-0.39, 0.29) is 23.8 Å². The van der Waals surface area contributed by atoms with Gasteiger partial charge in [-0.25, -0.2) is 18.2 Å². The second kappa shape index (κ2) is 4.89. The zero-order valence-corrected chi connectivity index (χ0v) is 10.4. The fourth-order valence-electron chi connectivity index (χ4n) is 1.86. The minimum Gasteiger partial charge on any atom is -0.476 e. The third-order valence-corrected chi connectivity index (χ3v) is 5.10. The molecule has 0 amide bonds. The Balaban J connectivity index is 2.02. The van der Waals surface area contributed by atoms with Crippen LogP contribution in [0.1, 0.15) is 23.3 Å². The zero-order chi connectivity index (χ0) is 13.2. The van der Waals surface area contributed by atoms with Gasteiger partial charge in [-0.05, 0) is 12.8 Å². The highest BCUT2D eigenvalue weighted by Crippen LogP contribution is 2.20. The molecule has 0 spiro atoms. The molecule has 1 fully saturated rings. The van der Waals surface area contributed by atoms with Crippen LogP contribution in [0.4, 0.5) is 5.82 Å². The van der Waals surface area contributed by atoms with Crippen LogP contribution < -0.4 is 5.32 Å². The summed E-state index contributed by atoms with van der Waals surface area (Å²) in [4.78, 5) is 18.2. The fraction of sp³-hybridized carbons (Fsp3) is 0.500. The average molecular weight is 271 g/mol. The summed E-state index contributed by atoms with van der Waals surface area (Å²) >= 11 is 0. The highest BCUT2D eigenvalue weighted by molar-refractivity contribution is 7.92. The number of carboxylic acid groups (broad SMARTS) is 1. The van der Waals surface area contributed by atoms with Gasteiger partial charge in [0.15, 0.2) is 15.5 Å². The van der Waals surface area contributed by atoms with Crippen LogP contribution in [-0.4, -0.2) is 47.0 Å². The van der Waals surface area contributed by atoms with Crippen molar-refractivity contribution in [3.63, 3.8) is 0 Å². The Morgan fingerprint density at radius 1 is 1.50 bits per heavy atom. The maximum absolute atomic E-state index is 11.6. The monoisotopic (exact) mass is 271 g/mol. The summed E-state index contributed by atoms with van der Waals surface area (Å²) in [6, 6.07) is 0. The molecule has 0 radical (unpaired) electrons. The molecule has 2 rings (SSSR count). The van der Waals surface area contributed by atoms with E-state index in [4.69, 9.17) is 5.11 Å². The summed E-state index contributed by atoms with van der Waals surface area (Å²) in [6.07, 6.45) is 3.81. The van der Waals surface area contributed by atoms with E-state index in [9.17, 15) is 13.2 Å². The van der Waals surface area contributed by atoms with E-state index in [1.54, 1.807) is 0 Å². The first kappa shape index (κ1) is 12.7. The molecule has 7 nitrogen and oxygen atoms in total. The van der Waals surface area contributed by atoms with Gasteiger partial charge >= 0.3 is 5.97 Å². The van der Waals surface area contributed by atoms with Gasteiger partial charge in [0.2, 0.25) is 0 Å². The van der Waals surface area contributed by atoms with Gasteiger partial charge in [-0.1, -0.05) is 0 Å². The maximum Gasteiger partial charge on any atom is 0.356 e. The van der Waals surface area contributed by atoms with E-state index < -0.39 is 21.1 Å². The number of nitrogens with one attached hydrogen (secondary N) is 1. The number of anilines is 1. The predicted octanol–water partition coefficient (Wildman–Crippen LogP) is 0.164. The third-order valence-electron chi connectivity index (χ3n) is 2.83. The first-order valence-electron chi connectivity index (χ1n) is 5.50. The number of carboxylic acids is 1. The number of hydrogen-bond donors (Lipinski definition) is 2. The minimum atomic E-state index is -3.01. The van der Waals surface area contributed by atoms with E-state index in [2.05, 4.69) is 15.3 Å². The van der Waals surface area contributed by atoms with Crippen molar-refractivity contribution < 1.29 is 18.3 Å². The summed E-state index contributed by atoms with van der Waals surface area (Å²) in [5, 5.41) is 11.1. The van der Waals surface area contributed by atoms with Crippen LogP contribution in [-0.2, 0) is 9.84 Å².